The van der Waals surface area contributed by atoms with E-state index in [-0.39, 0.29) is 21.4 Å². The van der Waals surface area contributed by atoms with Gasteiger partial charge in [0.05, 0.1) is 21.2 Å². The van der Waals surface area contributed by atoms with E-state index in [1.807, 2.05) is 0 Å². The number of fused-ring (bicyclic) bond motifs is 3. The maximum Gasteiger partial charge on any atom is 0.261 e. The van der Waals surface area contributed by atoms with Crippen molar-refractivity contribution in [1.82, 2.24) is 0 Å². The molecule has 0 spiro atoms. The van der Waals surface area contributed by atoms with Crippen LogP contribution in [0.4, 0.5) is 5.69 Å². The summed E-state index contributed by atoms with van der Waals surface area (Å²) in [4.78, 5) is 12.3. The molecule has 0 saturated carbocycles. The predicted molar refractivity (Wildman–Crippen MR) is 101 cm³/mol. The van der Waals surface area contributed by atoms with E-state index in [0.29, 0.717) is 40.2 Å². The Balaban J connectivity index is 1.79. The van der Waals surface area contributed by atoms with Gasteiger partial charge >= 0.3 is 0 Å². The van der Waals surface area contributed by atoms with Crippen LogP contribution in [-0.2, 0) is 16.4 Å². The van der Waals surface area contributed by atoms with Crippen molar-refractivity contribution in [1.29, 1.82) is 0 Å². The van der Waals surface area contributed by atoms with Gasteiger partial charge in [-0.05, 0) is 42.8 Å². The van der Waals surface area contributed by atoms with Crippen LogP contribution >= 0.6 is 23.2 Å². The zero-order valence-electron chi connectivity index (χ0n) is 13.4. The summed E-state index contributed by atoms with van der Waals surface area (Å²) in [5, 5.41) is 1.22. The number of rotatable bonds is 3. The van der Waals surface area contributed by atoms with Crippen LogP contribution in [0.1, 0.15) is 29.0 Å². The van der Waals surface area contributed by atoms with Gasteiger partial charge in [-0.2, -0.15) is 0 Å². The van der Waals surface area contributed by atoms with Gasteiger partial charge in [0.25, 0.3) is 10.0 Å². The zero-order chi connectivity index (χ0) is 18.5. The van der Waals surface area contributed by atoms with Crippen molar-refractivity contribution in [2.75, 3.05) is 4.72 Å². The van der Waals surface area contributed by atoms with Crippen molar-refractivity contribution in [2.24, 2.45) is 0 Å². The first-order valence-corrected chi connectivity index (χ1v) is 10.2. The Hall–Kier alpha value is -2.02. The predicted octanol–water partition coefficient (Wildman–Crippen LogP) is 5.06. The van der Waals surface area contributed by atoms with Gasteiger partial charge in [-0.15, -0.1) is 0 Å². The molecule has 1 N–H and O–H groups in total. The minimum absolute atomic E-state index is 0.0150. The lowest BCUT2D eigenvalue weighted by atomic mass is 9.94. The van der Waals surface area contributed by atoms with Gasteiger partial charge in [-0.1, -0.05) is 23.2 Å². The smallest absolute Gasteiger partial charge is 0.261 e. The summed E-state index contributed by atoms with van der Waals surface area (Å²) in [5.41, 5.74) is 1.17. The van der Waals surface area contributed by atoms with Crippen LogP contribution in [0.5, 0.6) is 0 Å². The van der Waals surface area contributed by atoms with Gasteiger partial charge < -0.3 is 4.42 Å². The molecule has 2 aromatic carbocycles. The first-order chi connectivity index (χ1) is 12.3. The topological polar surface area (TPSA) is 76.4 Å². The number of halogens is 2. The number of hydrogen-bond donors (Lipinski definition) is 1. The molecule has 1 aliphatic rings. The quantitative estimate of drug-likeness (QED) is 0.655. The normalized spacial score (nSPS) is 14.5. The highest BCUT2D eigenvalue weighted by Crippen LogP contribution is 2.38. The number of benzene rings is 2. The molecule has 0 unspecified atom stereocenters. The third-order valence-electron chi connectivity index (χ3n) is 4.28. The van der Waals surface area contributed by atoms with Crippen LogP contribution in [0.15, 0.2) is 45.7 Å². The van der Waals surface area contributed by atoms with Gasteiger partial charge in [0.2, 0.25) is 0 Å². The number of hydrogen-bond acceptors (Lipinski definition) is 4. The van der Waals surface area contributed by atoms with Gasteiger partial charge in [0.1, 0.15) is 5.76 Å². The summed E-state index contributed by atoms with van der Waals surface area (Å²) in [6.07, 6.45) is 1.84. The molecule has 3 aromatic rings. The molecule has 0 bridgehead atoms. The Labute approximate surface area is 159 Å². The van der Waals surface area contributed by atoms with Crippen LogP contribution < -0.4 is 4.72 Å². The molecule has 1 aromatic heterocycles. The lowest BCUT2D eigenvalue weighted by molar-refractivity contribution is 0.0971. The number of carbonyl (C=O) groups is 1. The molecule has 4 rings (SSSR count). The molecule has 0 radical (unpaired) electrons. The van der Waals surface area contributed by atoms with Crippen molar-refractivity contribution >= 4 is 55.7 Å². The second-order valence-corrected chi connectivity index (χ2v) is 8.60. The number of aryl methyl sites for hydroxylation is 1. The lowest BCUT2D eigenvalue weighted by Crippen LogP contribution is -2.13. The maximum atomic E-state index is 12.6. The standard InChI is InChI=1S/C18H13Cl2NO4S/c19-10-4-6-12(7-5-10)26(23,24)21-11-8-13-17-15(22)2-1-3-16(17)25-18(13)14(20)9-11/h4-9,21H,1-3H2. The van der Waals surface area contributed by atoms with E-state index in [2.05, 4.69) is 4.72 Å². The number of nitrogens with one attached hydrogen (secondary N) is 1. The van der Waals surface area contributed by atoms with Crippen LogP contribution in [0.3, 0.4) is 0 Å². The van der Waals surface area contributed by atoms with E-state index in [1.165, 1.54) is 30.3 Å². The summed E-state index contributed by atoms with van der Waals surface area (Å²) in [5.74, 6) is 0.592. The molecule has 26 heavy (non-hydrogen) atoms. The molecule has 1 aliphatic carbocycles. The van der Waals surface area contributed by atoms with Crippen LogP contribution in [-0.4, -0.2) is 14.2 Å². The Kier molecular flexibility index (Phi) is 4.22. The van der Waals surface area contributed by atoms with Crippen molar-refractivity contribution in [3.63, 3.8) is 0 Å². The fourth-order valence-corrected chi connectivity index (χ4v) is 4.53. The second-order valence-electron chi connectivity index (χ2n) is 6.07. The van der Waals surface area contributed by atoms with Gasteiger partial charge in [0, 0.05) is 23.3 Å². The minimum Gasteiger partial charge on any atom is -0.459 e. The number of furan rings is 1. The molecule has 0 atom stereocenters. The Morgan fingerprint density at radius 2 is 1.77 bits per heavy atom. The fraction of sp³-hybridized carbons (Fsp3) is 0.167. The van der Waals surface area contributed by atoms with Crippen molar-refractivity contribution in [3.8, 4) is 0 Å². The number of ketones is 1. The van der Waals surface area contributed by atoms with Crippen LogP contribution in [0.25, 0.3) is 11.0 Å². The van der Waals surface area contributed by atoms with E-state index in [9.17, 15) is 13.2 Å². The highest BCUT2D eigenvalue weighted by molar-refractivity contribution is 7.92. The number of carbonyl (C=O) groups excluding carboxylic acids is 1. The van der Waals surface area contributed by atoms with Gasteiger partial charge in [-0.3, -0.25) is 9.52 Å². The van der Waals surface area contributed by atoms with E-state index >= 15 is 0 Å². The largest absolute Gasteiger partial charge is 0.459 e. The highest BCUT2D eigenvalue weighted by atomic mass is 35.5. The molecule has 5 nitrogen and oxygen atoms in total. The monoisotopic (exact) mass is 409 g/mol. The molecule has 134 valence electrons. The molecular formula is C18H13Cl2NO4S. The molecule has 0 fully saturated rings. The van der Waals surface area contributed by atoms with E-state index in [4.69, 9.17) is 27.6 Å². The lowest BCUT2D eigenvalue weighted by Gasteiger charge is -2.10. The van der Waals surface area contributed by atoms with E-state index in [0.717, 1.165) is 6.42 Å². The minimum atomic E-state index is -3.82. The summed E-state index contributed by atoms with van der Waals surface area (Å²) in [6, 6.07) is 8.87. The molecule has 0 aliphatic heterocycles. The average Bonchev–Trinajstić information content (AvgIpc) is 2.95. The third kappa shape index (κ3) is 2.98. The summed E-state index contributed by atoms with van der Waals surface area (Å²) in [7, 11) is -3.82. The molecule has 0 amide bonds. The molecular weight excluding hydrogens is 397 g/mol. The van der Waals surface area contributed by atoms with Crippen molar-refractivity contribution < 1.29 is 17.6 Å². The highest BCUT2D eigenvalue weighted by Gasteiger charge is 2.26. The van der Waals surface area contributed by atoms with Crippen LogP contribution in [0.2, 0.25) is 10.0 Å². The number of Topliss-reactive ketones (excluding diaryl/α,β-unsaturated/α-hetero) is 1. The molecule has 1 heterocycles. The van der Waals surface area contributed by atoms with E-state index < -0.39 is 10.0 Å². The summed E-state index contributed by atoms with van der Waals surface area (Å²) in [6.45, 7) is 0. The summed E-state index contributed by atoms with van der Waals surface area (Å²) < 4.78 is 33.3. The zero-order valence-corrected chi connectivity index (χ0v) is 15.7. The van der Waals surface area contributed by atoms with E-state index in [1.54, 1.807) is 6.07 Å². The Morgan fingerprint density at radius 3 is 2.50 bits per heavy atom. The van der Waals surface area contributed by atoms with Gasteiger partial charge in [0.15, 0.2) is 11.4 Å². The first kappa shape index (κ1) is 17.4. The third-order valence-corrected chi connectivity index (χ3v) is 6.21. The van der Waals surface area contributed by atoms with Crippen molar-refractivity contribution in [2.45, 2.75) is 24.2 Å². The number of sulfonamides is 1. The van der Waals surface area contributed by atoms with Gasteiger partial charge in [-0.25, -0.2) is 8.42 Å². The number of anilines is 1. The van der Waals surface area contributed by atoms with Crippen LogP contribution in [0, 0.1) is 0 Å². The summed E-state index contributed by atoms with van der Waals surface area (Å²) >= 11 is 12.1. The molecule has 0 saturated heterocycles. The first-order valence-electron chi connectivity index (χ1n) is 7.92. The Bertz CT molecular complexity index is 1130. The maximum absolute atomic E-state index is 12.6. The molecule has 8 heteroatoms. The fourth-order valence-electron chi connectivity index (χ4n) is 3.11. The second kappa shape index (κ2) is 6.30. The van der Waals surface area contributed by atoms with Crippen molar-refractivity contribution in [3.05, 3.63) is 57.8 Å². The SMILES string of the molecule is O=C1CCCc2oc3c(Cl)cc(NS(=O)(=O)c4ccc(Cl)cc4)cc3c21. The average molecular weight is 410 g/mol. The Morgan fingerprint density at radius 1 is 1.04 bits per heavy atom.